The van der Waals surface area contributed by atoms with Gasteiger partial charge in [-0.05, 0) is 30.0 Å². The summed E-state index contributed by atoms with van der Waals surface area (Å²) in [4.78, 5) is 37.1. The summed E-state index contributed by atoms with van der Waals surface area (Å²) in [6.45, 7) is 2.92. The van der Waals surface area contributed by atoms with Gasteiger partial charge < -0.3 is 10.1 Å². The second-order valence-electron chi connectivity index (χ2n) is 6.03. The van der Waals surface area contributed by atoms with Gasteiger partial charge in [-0.25, -0.2) is 9.59 Å². The summed E-state index contributed by atoms with van der Waals surface area (Å²) in [6, 6.07) is 9.23. The zero-order valence-corrected chi connectivity index (χ0v) is 16.0. The van der Waals surface area contributed by atoms with Crippen LogP contribution in [0.3, 0.4) is 0 Å². The number of esters is 1. The van der Waals surface area contributed by atoms with Crippen molar-refractivity contribution in [2.24, 2.45) is 0 Å². The standard InChI is InChI=1S/C19H21N3O4S/c1-3-10-21-14-6-4-5-7-15(14)22(19(21)25)11-8-16(23)20-13-9-12-27-17(13)18(24)26-2/h4-7,9,12H,3,8,10-11H2,1-2H3,(H,20,23). The topological polar surface area (TPSA) is 82.3 Å². The van der Waals surface area contributed by atoms with E-state index in [4.69, 9.17) is 4.74 Å². The van der Waals surface area contributed by atoms with Gasteiger partial charge in [-0.2, -0.15) is 0 Å². The number of fused-ring (bicyclic) bond motifs is 1. The summed E-state index contributed by atoms with van der Waals surface area (Å²) in [5, 5.41) is 4.44. The van der Waals surface area contributed by atoms with E-state index in [0.29, 0.717) is 17.1 Å². The van der Waals surface area contributed by atoms with E-state index in [0.717, 1.165) is 17.5 Å². The monoisotopic (exact) mass is 387 g/mol. The van der Waals surface area contributed by atoms with Crippen LogP contribution < -0.4 is 11.0 Å². The van der Waals surface area contributed by atoms with Gasteiger partial charge in [0.25, 0.3) is 0 Å². The lowest BCUT2D eigenvalue weighted by molar-refractivity contribution is -0.116. The molecule has 0 bridgehead atoms. The quantitative estimate of drug-likeness (QED) is 0.632. The minimum absolute atomic E-state index is 0.114. The first-order chi connectivity index (χ1) is 13.1. The van der Waals surface area contributed by atoms with Crippen molar-refractivity contribution in [2.75, 3.05) is 12.4 Å². The van der Waals surface area contributed by atoms with Crippen molar-refractivity contribution in [1.29, 1.82) is 0 Å². The number of imidazole rings is 1. The van der Waals surface area contributed by atoms with Crippen molar-refractivity contribution < 1.29 is 14.3 Å². The molecule has 1 amide bonds. The minimum Gasteiger partial charge on any atom is -0.465 e. The summed E-state index contributed by atoms with van der Waals surface area (Å²) in [7, 11) is 1.30. The average molecular weight is 387 g/mol. The largest absolute Gasteiger partial charge is 0.465 e. The smallest absolute Gasteiger partial charge is 0.350 e. The maximum atomic E-state index is 12.7. The average Bonchev–Trinajstić information content (AvgIpc) is 3.23. The number of hydrogen-bond acceptors (Lipinski definition) is 5. The number of thiophene rings is 1. The van der Waals surface area contributed by atoms with Crippen molar-refractivity contribution in [3.63, 3.8) is 0 Å². The molecule has 0 atom stereocenters. The molecule has 7 nitrogen and oxygen atoms in total. The number of carbonyl (C=O) groups is 2. The molecule has 0 spiro atoms. The molecule has 2 aromatic heterocycles. The van der Waals surface area contributed by atoms with Crippen LogP contribution in [0, 0.1) is 0 Å². The van der Waals surface area contributed by atoms with Gasteiger partial charge in [0, 0.05) is 19.5 Å². The highest BCUT2D eigenvalue weighted by Gasteiger charge is 2.17. The Morgan fingerprint density at radius 3 is 2.41 bits per heavy atom. The van der Waals surface area contributed by atoms with E-state index in [1.54, 1.807) is 20.6 Å². The zero-order valence-electron chi connectivity index (χ0n) is 15.2. The Morgan fingerprint density at radius 1 is 1.11 bits per heavy atom. The van der Waals surface area contributed by atoms with Crippen LogP contribution in [0.25, 0.3) is 11.0 Å². The molecule has 142 valence electrons. The molecule has 27 heavy (non-hydrogen) atoms. The molecule has 0 fully saturated rings. The molecule has 0 saturated carbocycles. The number of aryl methyl sites for hydroxylation is 2. The van der Waals surface area contributed by atoms with Crippen molar-refractivity contribution >= 4 is 39.9 Å². The molecule has 1 aromatic carbocycles. The third-order valence-corrected chi connectivity index (χ3v) is 5.14. The fourth-order valence-corrected chi connectivity index (χ4v) is 3.78. The van der Waals surface area contributed by atoms with Gasteiger partial charge in [0.05, 0.1) is 23.8 Å². The third-order valence-electron chi connectivity index (χ3n) is 4.24. The number of ether oxygens (including phenoxy) is 1. The maximum absolute atomic E-state index is 12.7. The SMILES string of the molecule is CCCn1c(=O)n(CCC(=O)Nc2ccsc2C(=O)OC)c2ccccc21. The number of nitrogens with one attached hydrogen (secondary N) is 1. The fraction of sp³-hybridized carbons (Fsp3) is 0.316. The van der Waals surface area contributed by atoms with Crippen molar-refractivity contribution in [3.05, 3.63) is 51.1 Å². The van der Waals surface area contributed by atoms with Crippen LogP contribution in [0.4, 0.5) is 5.69 Å². The molecule has 2 heterocycles. The molecule has 0 aliphatic carbocycles. The number of methoxy groups -OCH3 is 1. The molecule has 1 N–H and O–H groups in total. The Hall–Kier alpha value is -2.87. The summed E-state index contributed by atoms with van der Waals surface area (Å²) in [5.74, 6) is -0.753. The lowest BCUT2D eigenvalue weighted by Crippen LogP contribution is -2.26. The van der Waals surface area contributed by atoms with Gasteiger partial charge in [-0.3, -0.25) is 13.9 Å². The molecule has 0 radical (unpaired) electrons. The van der Waals surface area contributed by atoms with E-state index < -0.39 is 5.97 Å². The van der Waals surface area contributed by atoms with Gasteiger partial charge in [0.1, 0.15) is 4.88 Å². The van der Waals surface area contributed by atoms with Gasteiger partial charge in [-0.15, -0.1) is 11.3 Å². The van der Waals surface area contributed by atoms with Gasteiger partial charge >= 0.3 is 11.7 Å². The third kappa shape index (κ3) is 3.80. The van der Waals surface area contributed by atoms with E-state index in [9.17, 15) is 14.4 Å². The number of benzene rings is 1. The molecule has 0 aliphatic rings. The lowest BCUT2D eigenvalue weighted by Gasteiger charge is -2.06. The van der Waals surface area contributed by atoms with Crippen LogP contribution >= 0.6 is 11.3 Å². The van der Waals surface area contributed by atoms with E-state index >= 15 is 0 Å². The molecule has 3 aromatic rings. The molecule has 3 rings (SSSR count). The van der Waals surface area contributed by atoms with Crippen LogP contribution in [-0.2, 0) is 22.6 Å². The van der Waals surface area contributed by atoms with E-state index in [2.05, 4.69) is 5.32 Å². The maximum Gasteiger partial charge on any atom is 0.350 e. The summed E-state index contributed by atoms with van der Waals surface area (Å²) < 4.78 is 8.07. The first kappa shape index (κ1) is 18.9. The predicted octanol–water partition coefficient (Wildman–Crippen LogP) is 3.09. The molecule has 0 saturated heterocycles. The highest BCUT2D eigenvalue weighted by molar-refractivity contribution is 7.12. The normalized spacial score (nSPS) is 10.9. The van der Waals surface area contributed by atoms with Gasteiger partial charge in [-0.1, -0.05) is 19.1 Å². The van der Waals surface area contributed by atoms with Crippen LogP contribution in [0.1, 0.15) is 29.4 Å². The number of hydrogen-bond donors (Lipinski definition) is 1. The van der Waals surface area contributed by atoms with E-state index in [1.165, 1.54) is 18.4 Å². The van der Waals surface area contributed by atoms with Gasteiger partial charge in [0.2, 0.25) is 5.91 Å². The van der Waals surface area contributed by atoms with Crippen LogP contribution in [0.15, 0.2) is 40.5 Å². The number of aromatic nitrogens is 2. The number of amides is 1. The van der Waals surface area contributed by atoms with Crippen LogP contribution in [-0.4, -0.2) is 28.1 Å². The van der Waals surface area contributed by atoms with Crippen molar-refractivity contribution in [3.8, 4) is 0 Å². The minimum atomic E-state index is -0.487. The van der Waals surface area contributed by atoms with E-state index in [-0.39, 0.29) is 24.6 Å². The predicted molar refractivity (Wildman–Crippen MR) is 105 cm³/mol. The van der Waals surface area contributed by atoms with Crippen LogP contribution in [0.5, 0.6) is 0 Å². The Morgan fingerprint density at radius 2 is 1.78 bits per heavy atom. The Balaban J connectivity index is 1.77. The fourth-order valence-electron chi connectivity index (χ4n) is 3.01. The van der Waals surface area contributed by atoms with Gasteiger partial charge in [0.15, 0.2) is 0 Å². The number of carbonyl (C=O) groups excluding carboxylic acids is 2. The number of anilines is 1. The summed E-state index contributed by atoms with van der Waals surface area (Å²) in [6.07, 6.45) is 0.972. The van der Waals surface area contributed by atoms with Crippen LogP contribution in [0.2, 0.25) is 0 Å². The molecular formula is C19H21N3O4S. The number of nitrogens with zero attached hydrogens (tertiary/aromatic N) is 2. The first-order valence-electron chi connectivity index (χ1n) is 8.70. The first-order valence-corrected chi connectivity index (χ1v) is 9.58. The second-order valence-corrected chi connectivity index (χ2v) is 6.94. The summed E-state index contributed by atoms with van der Waals surface area (Å²) >= 11 is 1.20. The summed E-state index contributed by atoms with van der Waals surface area (Å²) in [5.41, 5.74) is 2.00. The van der Waals surface area contributed by atoms with Crippen molar-refractivity contribution in [1.82, 2.24) is 9.13 Å². The van der Waals surface area contributed by atoms with E-state index in [1.807, 2.05) is 31.2 Å². The highest BCUT2D eigenvalue weighted by atomic mass is 32.1. The lowest BCUT2D eigenvalue weighted by atomic mass is 10.3. The Kier molecular flexibility index (Phi) is 5.75. The second kappa shape index (κ2) is 8.22. The van der Waals surface area contributed by atoms with Crippen molar-refractivity contribution in [2.45, 2.75) is 32.9 Å². The zero-order chi connectivity index (χ0) is 19.4. The molecule has 0 unspecified atom stereocenters. The number of para-hydroxylation sites is 2. The number of rotatable bonds is 7. The Bertz CT molecular complexity index is 1030. The Labute approximate surface area is 160 Å². The molecule has 0 aliphatic heterocycles. The highest BCUT2D eigenvalue weighted by Crippen LogP contribution is 2.23. The molecular weight excluding hydrogens is 366 g/mol. The molecule has 8 heteroatoms.